The summed E-state index contributed by atoms with van der Waals surface area (Å²) in [6.45, 7) is 4.22. The lowest BCUT2D eigenvalue weighted by atomic mass is 9.98. The molecular formula is C18H17N. The molecule has 0 amide bonds. The average molecular weight is 247 g/mol. The largest absolute Gasteiger partial charge is 0.399 e. The fourth-order valence-corrected chi connectivity index (χ4v) is 2.59. The summed E-state index contributed by atoms with van der Waals surface area (Å²) in [7, 11) is 0. The van der Waals surface area contributed by atoms with Crippen LogP contribution in [0.15, 0.2) is 54.6 Å². The van der Waals surface area contributed by atoms with Gasteiger partial charge in [-0.05, 0) is 59.5 Å². The Kier molecular flexibility index (Phi) is 2.75. The Morgan fingerprint density at radius 1 is 0.789 bits per heavy atom. The average Bonchev–Trinajstić information content (AvgIpc) is 2.37. The van der Waals surface area contributed by atoms with Gasteiger partial charge in [-0.2, -0.15) is 0 Å². The maximum atomic E-state index is 5.94. The van der Waals surface area contributed by atoms with Gasteiger partial charge in [0, 0.05) is 5.69 Å². The maximum absolute atomic E-state index is 5.94. The molecule has 1 heteroatoms. The zero-order valence-electron chi connectivity index (χ0n) is 11.3. The summed E-state index contributed by atoms with van der Waals surface area (Å²) in [5, 5.41) is 2.47. The molecule has 2 N–H and O–H groups in total. The van der Waals surface area contributed by atoms with Crippen LogP contribution in [0.1, 0.15) is 11.1 Å². The SMILES string of the molecule is Cc1cccc(-c2ccc3c(C)cc(N)cc3c2)c1. The van der Waals surface area contributed by atoms with Crippen molar-refractivity contribution in [3.63, 3.8) is 0 Å². The van der Waals surface area contributed by atoms with Crippen molar-refractivity contribution in [3.05, 3.63) is 65.7 Å². The third-order valence-corrected chi connectivity index (χ3v) is 3.53. The number of nitrogen functional groups attached to an aromatic ring is 1. The normalized spacial score (nSPS) is 10.8. The monoisotopic (exact) mass is 247 g/mol. The maximum Gasteiger partial charge on any atom is 0.0323 e. The molecule has 0 saturated heterocycles. The Labute approximate surface area is 113 Å². The molecule has 0 fully saturated rings. The van der Waals surface area contributed by atoms with E-state index in [2.05, 4.69) is 56.3 Å². The fourth-order valence-electron chi connectivity index (χ4n) is 2.59. The van der Waals surface area contributed by atoms with Gasteiger partial charge < -0.3 is 5.73 Å². The van der Waals surface area contributed by atoms with E-state index >= 15 is 0 Å². The Morgan fingerprint density at radius 2 is 1.58 bits per heavy atom. The first-order chi connectivity index (χ1) is 9.13. The quantitative estimate of drug-likeness (QED) is 0.619. The minimum Gasteiger partial charge on any atom is -0.399 e. The van der Waals surface area contributed by atoms with Gasteiger partial charge in [-0.15, -0.1) is 0 Å². The van der Waals surface area contributed by atoms with E-state index in [-0.39, 0.29) is 0 Å². The highest BCUT2D eigenvalue weighted by molar-refractivity contribution is 5.92. The molecule has 0 spiro atoms. The third kappa shape index (κ3) is 2.19. The van der Waals surface area contributed by atoms with E-state index in [0.29, 0.717) is 0 Å². The molecule has 0 bridgehead atoms. The molecular weight excluding hydrogens is 230 g/mol. The Balaban J connectivity index is 2.21. The summed E-state index contributed by atoms with van der Waals surface area (Å²) in [4.78, 5) is 0. The van der Waals surface area contributed by atoms with Crippen LogP contribution in [0.5, 0.6) is 0 Å². The molecule has 0 heterocycles. The zero-order chi connectivity index (χ0) is 13.4. The lowest BCUT2D eigenvalue weighted by Crippen LogP contribution is -1.88. The summed E-state index contributed by atoms with van der Waals surface area (Å²) in [5.74, 6) is 0. The number of aryl methyl sites for hydroxylation is 2. The van der Waals surface area contributed by atoms with E-state index in [4.69, 9.17) is 5.73 Å². The first-order valence-corrected chi connectivity index (χ1v) is 6.50. The van der Waals surface area contributed by atoms with Crippen molar-refractivity contribution in [2.45, 2.75) is 13.8 Å². The topological polar surface area (TPSA) is 26.0 Å². The van der Waals surface area contributed by atoms with Crippen molar-refractivity contribution >= 4 is 16.5 Å². The summed E-state index contributed by atoms with van der Waals surface area (Å²) in [5.41, 5.74) is 11.8. The van der Waals surface area contributed by atoms with Crippen LogP contribution in [0, 0.1) is 13.8 Å². The molecule has 0 aliphatic rings. The molecule has 1 nitrogen and oxygen atoms in total. The van der Waals surface area contributed by atoms with Crippen LogP contribution in [-0.4, -0.2) is 0 Å². The molecule has 0 aromatic heterocycles. The number of nitrogens with two attached hydrogens (primary N) is 1. The molecule has 0 atom stereocenters. The number of benzene rings is 3. The van der Waals surface area contributed by atoms with Gasteiger partial charge >= 0.3 is 0 Å². The summed E-state index contributed by atoms with van der Waals surface area (Å²) < 4.78 is 0. The van der Waals surface area contributed by atoms with Crippen LogP contribution in [0.2, 0.25) is 0 Å². The molecule has 0 saturated carbocycles. The van der Waals surface area contributed by atoms with E-state index < -0.39 is 0 Å². The van der Waals surface area contributed by atoms with E-state index in [1.54, 1.807) is 0 Å². The lowest BCUT2D eigenvalue weighted by Gasteiger charge is -2.08. The van der Waals surface area contributed by atoms with Crippen molar-refractivity contribution in [1.82, 2.24) is 0 Å². The number of hydrogen-bond acceptors (Lipinski definition) is 1. The second-order valence-electron chi connectivity index (χ2n) is 5.14. The van der Waals surface area contributed by atoms with Gasteiger partial charge in [0.2, 0.25) is 0 Å². The van der Waals surface area contributed by atoms with Gasteiger partial charge in [0.15, 0.2) is 0 Å². The Hall–Kier alpha value is -2.28. The summed E-state index contributed by atoms with van der Waals surface area (Å²) in [6.07, 6.45) is 0. The van der Waals surface area contributed by atoms with Gasteiger partial charge in [-0.25, -0.2) is 0 Å². The highest BCUT2D eigenvalue weighted by Crippen LogP contribution is 2.28. The van der Waals surface area contributed by atoms with Crippen molar-refractivity contribution in [3.8, 4) is 11.1 Å². The minimum atomic E-state index is 0.825. The molecule has 0 aliphatic carbocycles. The molecule has 3 aromatic carbocycles. The predicted molar refractivity (Wildman–Crippen MR) is 83.3 cm³/mol. The first-order valence-electron chi connectivity index (χ1n) is 6.50. The van der Waals surface area contributed by atoms with Gasteiger partial charge in [0.1, 0.15) is 0 Å². The number of anilines is 1. The van der Waals surface area contributed by atoms with Gasteiger partial charge in [-0.3, -0.25) is 0 Å². The van der Waals surface area contributed by atoms with Crippen molar-refractivity contribution < 1.29 is 0 Å². The number of hydrogen-bond donors (Lipinski definition) is 1. The van der Waals surface area contributed by atoms with E-state index in [0.717, 1.165) is 5.69 Å². The highest BCUT2D eigenvalue weighted by atomic mass is 14.5. The smallest absolute Gasteiger partial charge is 0.0323 e. The van der Waals surface area contributed by atoms with Gasteiger partial charge in [0.05, 0.1) is 0 Å². The van der Waals surface area contributed by atoms with Crippen molar-refractivity contribution in [2.75, 3.05) is 5.73 Å². The second-order valence-corrected chi connectivity index (χ2v) is 5.14. The van der Waals surface area contributed by atoms with Gasteiger partial charge in [0.25, 0.3) is 0 Å². The molecule has 0 aliphatic heterocycles. The third-order valence-electron chi connectivity index (χ3n) is 3.53. The lowest BCUT2D eigenvalue weighted by molar-refractivity contribution is 1.47. The molecule has 94 valence electrons. The van der Waals surface area contributed by atoms with Crippen LogP contribution in [0.25, 0.3) is 21.9 Å². The standard InChI is InChI=1S/C18H17N/c1-12-4-3-5-14(8-12)15-6-7-18-13(2)9-17(19)11-16(18)10-15/h3-11H,19H2,1-2H3. The first kappa shape index (κ1) is 11.8. The number of rotatable bonds is 1. The minimum absolute atomic E-state index is 0.825. The van der Waals surface area contributed by atoms with Gasteiger partial charge in [-0.1, -0.05) is 42.0 Å². The fraction of sp³-hybridized carbons (Fsp3) is 0.111. The van der Waals surface area contributed by atoms with E-state index in [1.807, 2.05) is 12.1 Å². The highest BCUT2D eigenvalue weighted by Gasteiger charge is 2.03. The van der Waals surface area contributed by atoms with Crippen LogP contribution in [0.3, 0.4) is 0 Å². The second kappa shape index (κ2) is 4.43. The van der Waals surface area contributed by atoms with Crippen molar-refractivity contribution in [1.29, 1.82) is 0 Å². The summed E-state index contributed by atoms with van der Waals surface area (Å²) in [6, 6.07) is 19.2. The molecule has 19 heavy (non-hydrogen) atoms. The van der Waals surface area contributed by atoms with E-state index in [1.165, 1.54) is 33.0 Å². The molecule has 3 aromatic rings. The number of fused-ring (bicyclic) bond motifs is 1. The molecule has 3 rings (SSSR count). The van der Waals surface area contributed by atoms with Crippen LogP contribution >= 0.6 is 0 Å². The van der Waals surface area contributed by atoms with Crippen molar-refractivity contribution in [2.24, 2.45) is 0 Å². The van der Waals surface area contributed by atoms with E-state index in [9.17, 15) is 0 Å². The van der Waals surface area contributed by atoms with Crippen LogP contribution in [0.4, 0.5) is 5.69 Å². The molecule has 0 radical (unpaired) electrons. The van der Waals surface area contributed by atoms with Crippen LogP contribution < -0.4 is 5.73 Å². The van der Waals surface area contributed by atoms with Crippen LogP contribution in [-0.2, 0) is 0 Å². The Bertz CT molecular complexity index is 757. The predicted octanol–water partition coefficient (Wildman–Crippen LogP) is 4.71. The molecule has 0 unspecified atom stereocenters. The summed E-state index contributed by atoms with van der Waals surface area (Å²) >= 11 is 0. The Morgan fingerprint density at radius 3 is 2.37 bits per heavy atom. The zero-order valence-corrected chi connectivity index (χ0v) is 11.3.